The van der Waals surface area contributed by atoms with E-state index >= 15 is 0 Å². The number of likely N-dealkylation sites (tertiary alicyclic amines) is 2. The van der Waals surface area contributed by atoms with E-state index in [4.69, 9.17) is 4.74 Å². The number of fused-ring (bicyclic) bond motifs is 1. The lowest BCUT2D eigenvalue weighted by atomic mass is 9.81. The summed E-state index contributed by atoms with van der Waals surface area (Å²) in [7, 11) is 1.52. The Morgan fingerprint density at radius 1 is 0.923 bits per heavy atom. The Morgan fingerprint density at radius 3 is 1.81 bits per heavy atom. The largest absolute Gasteiger partial charge is 0.469 e. The maximum Gasteiger partial charge on any atom is 0.314 e. The molecule has 0 unspecified atom stereocenters. The summed E-state index contributed by atoms with van der Waals surface area (Å²) < 4.78 is 5.24. The van der Waals surface area contributed by atoms with Crippen molar-refractivity contribution in [3.05, 3.63) is 71.8 Å². The quantitative estimate of drug-likeness (QED) is 0.777. The minimum atomic E-state index is -0.391. The number of benzene rings is 2. The third-order valence-corrected chi connectivity index (χ3v) is 5.84. The molecule has 0 aromatic heterocycles. The molecule has 4 rings (SSSR count). The summed E-state index contributed by atoms with van der Waals surface area (Å²) in [4.78, 5) is 17.6. The van der Waals surface area contributed by atoms with Gasteiger partial charge < -0.3 is 4.74 Å². The van der Waals surface area contributed by atoms with Crippen molar-refractivity contribution in [1.82, 2.24) is 9.80 Å². The van der Waals surface area contributed by atoms with Crippen molar-refractivity contribution in [3.63, 3.8) is 0 Å². The van der Waals surface area contributed by atoms with Gasteiger partial charge in [-0.15, -0.1) is 0 Å². The number of esters is 1. The Morgan fingerprint density at radius 2 is 1.38 bits per heavy atom. The van der Waals surface area contributed by atoms with Gasteiger partial charge in [-0.05, 0) is 11.1 Å². The van der Waals surface area contributed by atoms with Crippen molar-refractivity contribution in [3.8, 4) is 0 Å². The van der Waals surface area contributed by atoms with Crippen LogP contribution in [0.5, 0.6) is 0 Å². The van der Waals surface area contributed by atoms with E-state index in [0.717, 1.165) is 39.3 Å². The highest BCUT2D eigenvalue weighted by atomic mass is 16.5. The molecule has 2 heterocycles. The lowest BCUT2D eigenvalue weighted by Crippen LogP contribution is -2.41. The molecule has 0 atom stereocenters. The second-order valence-corrected chi connectivity index (χ2v) is 7.66. The van der Waals surface area contributed by atoms with Gasteiger partial charge in [-0.2, -0.15) is 0 Å². The Hall–Kier alpha value is -2.17. The zero-order valence-corrected chi connectivity index (χ0v) is 15.3. The first-order valence-electron chi connectivity index (χ1n) is 9.30. The summed E-state index contributed by atoms with van der Waals surface area (Å²) >= 11 is 0. The Labute approximate surface area is 155 Å². The van der Waals surface area contributed by atoms with Crippen LogP contribution in [-0.4, -0.2) is 49.1 Å². The van der Waals surface area contributed by atoms with E-state index in [-0.39, 0.29) is 5.97 Å². The van der Waals surface area contributed by atoms with Crippen LogP contribution in [-0.2, 0) is 22.6 Å². The molecular formula is C22H26N2O2. The molecule has 0 radical (unpaired) electrons. The van der Waals surface area contributed by atoms with Gasteiger partial charge in [-0.3, -0.25) is 14.6 Å². The van der Waals surface area contributed by atoms with Gasteiger partial charge in [0.15, 0.2) is 0 Å². The molecule has 2 aromatic rings. The maximum absolute atomic E-state index is 12.7. The molecule has 4 nitrogen and oxygen atoms in total. The van der Waals surface area contributed by atoms with Crippen molar-refractivity contribution in [2.75, 3.05) is 33.3 Å². The van der Waals surface area contributed by atoms with Gasteiger partial charge in [-0.25, -0.2) is 0 Å². The van der Waals surface area contributed by atoms with Gasteiger partial charge in [0.2, 0.25) is 0 Å². The van der Waals surface area contributed by atoms with E-state index < -0.39 is 5.41 Å². The van der Waals surface area contributed by atoms with Crippen LogP contribution in [0.25, 0.3) is 0 Å². The lowest BCUT2D eigenvalue weighted by molar-refractivity contribution is -0.152. The van der Waals surface area contributed by atoms with Crippen LogP contribution in [0.15, 0.2) is 60.7 Å². The minimum Gasteiger partial charge on any atom is -0.469 e. The Kier molecular flexibility index (Phi) is 4.79. The summed E-state index contributed by atoms with van der Waals surface area (Å²) in [6.45, 7) is 5.27. The van der Waals surface area contributed by atoms with Crippen LogP contribution in [0.4, 0.5) is 0 Å². The smallest absolute Gasteiger partial charge is 0.314 e. The molecule has 136 valence electrons. The minimum absolute atomic E-state index is 0.0476. The van der Waals surface area contributed by atoms with Gasteiger partial charge in [0, 0.05) is 45.2 Å². The number of rotatable bonds is 5. The van der Waals surface area contributed by atoms with Crippen molar-refractivity contribution >= 4 is 5.97 Å². The first kappa shape index (κ1) is 17.3. The summed E-state index contributed by atoms with van der Waals surface area (Å²) in [5, 5.41) is 0. The summed E-state index contributed by atoms with van der Waals surface area (Å²) in [5.74, 6) is 0.288. The number of hydrogen-bond acceptors (Lipinski definition) is 4. The molecular weight excluding hydrogens is 324 g/mol. The van der Waals surface area contributed by atoms with Crippen molar-refractivity contribution in [1.29, 1.82) is 0 Å². The van der Waals surface area contributed by atoms with Gasteiger partial charge >= 0.3 is 5.97 Å². The molecule has 2 saturated heterocycles. The van der Waals surface area contributed by atoms with Gasteiger partial charge in [0.1, 0.15) is 0 Å². The third kappa shape index (κ3) is 3.27. The number of carbonyl (C=O) groups is 1. The Bertz CT molecular complexity index is 694. The van der Waals surface area contributed by atoms with Crippen molar-refractivity contribution in [2.24, 2.45) is 11.3 Å². The maximum atomic E-state index is 12.7. The first-order valence-corrected chi connectivity index (χ1v) is 9.30. The topological polar surface area (TPSA) is 32.8 Å². The molecule has 0 saturated carbocycles. The van der Waals surface area contributed by atoms with E-state index in [0.29, 0.717) is 5.92 Å². The van der Waals surface area contributed by atoms with Crippen LogP contribution < -0.4 is 0 Å². The zero-order chi connectivity index (χ0) is 18.0. The molecule has 26 heavy (non-hydrogen) atoms. The monoisotopic (exact) mass is 350 g/mol. The predicted molar refractivity (Wildman–Crippen MR) is 101 cm³/mol. The molecule has 0 aliphatic carbocycles. The lowest BCUT2D eigenvalue weighted by Gasteiger charge is -2.27. The summed E-state index contributed by atoms with van der Waals surface area (Å²) in [6.07, 6.45) is 0. The summed E-state index contributed by atoms with van der Waals surface area (Å²) in [5.41, 5.74) is 2.21. The van der Waals surface area contributed by atoms with E-state index in [1.165, 1.54) is 18.2 Å². The molecule has 0 spiro atoms. The molecule has 0 N–H and O–H groups in total. The highest BCUT2D eigenvalue weighted by molar-refractivity contribution is 5.79. The molecule has 2 aliphatic rings. The predicted octanol–water partition coefficient (Wildman–Crippen LogP) is 2.79. The van der Waals surface area contributed by atoms with Gasteiger partial charge in [-0.1, -0.05) is 60.7 Å². The standard InChI is InChI=1S/C22H26N2O2/c1-26-21(25)22-16-23(12-18-8-4-2-5-9-18)14-20(22)15-24(17-22)13-19-10-6-3-7-11-19/h2-11,20H,12-17H2,1H3. The fraction of sp³-hybridized carbons (Fsp3) is 0.409. The normalized spacial score (nSPS) is 26.0. The van der Waals surface area contributed by atoms with Crippen molar-refractivity contribution < 1.29 is 9.53 Å². The van der Waals surface area contributed by atoms with Crippen LogP contribution in [0.3, 0.4) is 0 Å². The van der Waals surface area contributed by atoms with Crippen LogP contribution in [0.2, 0.25) is 0 Å². The number of carbonyl (C=O) groups excluding carboxylic acids is 1. The van der Waals surface area contributed by atoms with E-state index in [2.05, 4.69) is 58.3 Å². The number of methoxy groups -OCH3 is 1. The SMILES string of the molecule is COC(=O)C12CN(Cc3ccccc3)CC1CN(Cc1ccccc1)C2. The average Bonchev–Trinajstić information content (AvgIpc) is 3.16. The molecule has 2 aromatic carbocycles. The third-order valence-electron chi connectivity index (χ3n) is 5.84. The van der Waals surface area contributed by atoms with Crippen LogP contribution >= 0.6 is 0 Å². The van der Waals surface area contributed by atoms with Crippen LogP contribution in [0.1, 0.15) is 11.1 Å². The fourth-order valence-electron chi connectivity index (χ4n) is 4.69. The highest BCUT2D eigenvalue weighted by Crippen LogP contribution is 2.44. The van der Waals surface area contributed by atoms with E-state index in [1.807, 2.05) is 12.1 Å². The zero-order valence-electron chi connectivity index (χ0n) is 15.3. The highest BCUT2D eigenvalue weighted by Gasteiger charge is 2.57. The second-order valence-electron chi connectivity index (χ2n) is 7.66. The molecule has 2 aliphatic heterocycles. The van der Waals surface area contributed by atoms with Gasteiger partial charge in [0.05, 0.1) is 12.5 Å². The van der Waals surface area contributed by atoms with E-state index in [1.54, 1.807) is 0 Å². The fourth-order valence-corrected chi connectivity index (χ4v) is 4.69. The van der Waals surface area contributed by atoms with Crippen molar-refractivity contribution in [2.45, 2.75) is 13.1 Å². The van der Waals surface area contributed by atoms with E-state index in [9.17, 15) is 4.79 Å². The van der Waals surface area contributed by atoms with Crippen LogP contribution in [0, 0.1) is 11.3 Å². The number of ether oxygens (including phenoxy) is 1. The van der Waals surface area contributed by atoms with Gasteiger partial charge in [0.25, 0.3) is 0 Å². The number of nitrogens with zero attached hydrogens (tertiary/aromatic N) is 2. The molecule has 0 bridgehead atoms. The molecule has 4 heteroatoms. The average molecular weight is 350 g/mol. The summed E-state index contributed by atoms with van der Waals surface area (Å²) in [6, 6.07) is 21.0. The Balaban J connectivity index is 1.48. The number of hydrogen-bond donors (Lipinski definition) is 0. The first-order chi connectivity index (χ1) is 12.7. The second kappa shape index (κ2) is 7.22. The molecule has 2 fully saturated rings. The molecule has 0 amide bonds.